The quantitative estimate of drug-likeness (QED) is 0.462. The zero-order valence-corrected chi connectivity index (χ0v) is 12.7. The molecule has 0 aromatic heterocycles. The van der Waals surface area contributed by atoms with Gasteiger partial charge >= 0.3 is 0 Å². The van der Waals surface area contributed by atoms with Crippen LogP contribution in [0.5, 0.6) is 5.75 Å². The minimum Gasteiger partial charge on any atom is -0.494 e. The minimum absolute atomic E-state index is 0.0674. The lowest BCUT2D eigenvalue weighted by atomic mass is 10.1. The van der Waals surface area contributed by atoms with Crippen LogP contribution in [0.4, 0.5) is 0 Å². The molecule has 0 heterocycles. The number of hydrogen-bond donors (Lipinski definition) is 1. The fourth-order valence-electron chi connectivity index (χ4n) is 2.05. The molecule has 2 nitrogen and oxygen atoms in total. The summed E-state index contributed by atoms with van der Waals surface area (Å²) in [5.74, 6) is 0.847. The molecule has 0 fully saturated rings. The summed E-state index contributed by atoms with van der Waals surface area (Å²) < 4.78 is 5.66. The highest BCUT2D eigenvalue weighted by Gasteiger charge is 1.95. The number of ether oxygens (including phenoxy) is 1. The molecule has 0 radical (unpaired) electrons. The van der Waals surface area contributed by atoms with Crippen LogP contribution in [0, 0.1) is 0 Å². The molecule has 0 aliphatic carbocycles. The van der Waals surface area contributed by atoms with Crippen LogP contribution in [-0.2, 0) is 6.61 Å². The molecule has 0 atom stereocenters. The molecular formula is C18H28O2. The molecule has 0 unspecified atom stereocenters. The zero-order chi connectivity index (χ0) is 14.5. The predicted octanol–water partition coefficient (Wildman–Crippen LogP) is 4.86. The van der Waals surface area contributed by atoms with Crippen LogP contribution in [0.2, 0.25) is 0 Å². The second-order valence-corrected chi connectivity index (χ2v) is 5.12. The molecule has 0 amide bonds. The number of aliphatic hydroxyl groups excluding tert-OH is 1. The Morgan fingerprint density at radius 3 is 2.60 bits per heavy atom. The van der Waals surface area contributed by atoms with E-state index in [4.69, 9.17) is 9.84 Å². The number of rotatable bonds is 11. The van der Waals surface area contributed by atoms with Crippen LogP contribution >= 0.6 is 0 Å². The first-order chi connectivity index (χ1) is 9.86. The molecular weight excluding hydrogens is 248 g/mol. The Labute approximate surface area is 123 Å². The number of benzene rings is 1. The van der Waals surface area contributed by atoms with Gasteiger partial charge in [0.2, 0.25) is 0 Å². The highest BCUT2D eigenvalue weighted by atomic mass is 16.5. The molecule has 1 aromatic carbocycles. The topological polar surface area (TPSA) is 29.5 Å². The summed E-state index contributed by atoms with van der Waals surface area (Å²) in [6.45, 7) is 3.04. The summed E-state index contributed by atoms with van der Waals surface area (Å²) in [5.41, 5.74) is 0.898. The van der Waals surface area contributed by atoms with E-state index in [0.717, 1.165) is 30.8 Å². The van der Waals surface area contributed by atoms with Crippen molar-refractivity contribution in [2.45, 2.75) is 58.5 Å². The van der Waals surface area contributed by atoms with Crippen molar-refractivity contribution in [3.8, 4) is 5.75 Å². The second kappa shape index (κ2) is 11.5. The zero-order valence-electron chi connectivity index (χ0n) is 12.7. The van der Waals surface area contributed by atoms with Crippen LogP contribution < -0.4 is 4.74 Å². The SMILES string of the molecule is CCCCCCC=CCCCOc1cccc(CO)c1. The molecule has 0 aliphatic rings. The summed E-state index contributed by atoms with van der Waals surface area (Å²) in [6, 6.07) is 7.64. The third-order valence-corrected chi connectivity index (χ3v) is 3.26. The maximum Gasteiger partial charge on any atom is 0.119 e. The molecule has 20 heavy (non-hydrogen) atoms. The number of aliphatic hydroxyl groups is 1. The van der Waals surface area contributed by atoms with Gasteiger partial charge in [0.15, 0.2) is 0 Å². The Kier molecular flexibility index (Phi) is 9.68. The summed E-state index contributed by atoms with van der Waals surface area (Å²) in [4.78, 5) is 0. The van der Waals surface area contributed by atoms with E-state index in [1.165, 1.54) is 32.1 Å². The van der Waals surface area contributed by atoms with Crippen molar-refractivity contribution in [2.24, 2.45) is 0 Å². The van der Waals surface area contributed by atoms with E-state index in [2.05, 4.69) is 19.1 Å². The van der Waals surface area contributed by atoms with Gasteiger partial charge in [0.25, 0.3) is 0 Å². The van der Waals surface area contributed by atoms with E-state index in [-0.39, 0.29) is 6.61 Å². The molecule has 0 bridgehead atoms. The van der Waals surface area contributed by atoms with Crippen molar-refractivity contribution in [3.05, 3.63) is 42.0 Å². The van der Waals surface area contributed by atoms with Crippen molar-refractivity contribution in [2.75, 3.05) is 6.61 Å². The number of hydrogen-bond acceptors (Lipinski definition) is 2. The molecule has 112 valence electrons. The predicted molar refractivity (Wildman–Crippen MR) is 85.0 cm³/mol. The van der Waals surface area contributed by atoms with E-state index in [1.54, 1.807) is 0 Å². The van der Waals surface area contributed by atoms with Gasteiger partial charge < -0.3 is 9.84 Å². The lowest BCUT2D eigenvalue weighted by molar-refractivity contribution is 0.278. The standard InChI is InChI=1S/C18H28O2/c1-2-3-4-5-6-7-8-9-10-14-20-18-13-11-12-17(15-18)16-19/h7-8,11-13,15,19H,2-6,9-10,14,16H2,1H3. The highest BCUT2D eigenvalue weighted by Crippen LogP contribution is 2.13. The normalized spacial score (nSPS) is 11.1. The summed E-state index contributed by atoms with van der Waals surface area (Å²) >= 11 is 0. The van der Waals surface area contributed by atoms with Gasteiger partial charge in [-0.3, -0.25) is 0 Å². The molecule has 0 saturated carbocycles. The van der Waals surface area contributed by atoms with Crippen LogP contribution in [-0.4, -0.2) is 11.7 Å². The third kappa shape index (κ3) is 8.00. The second-order valence-electron chi connectivity index (χ2n) is 5.12. The first-order valence-corrected chi connectivity index (χ1v) is 7.84. The summed E-state index contributed by atoms with van der Waals surface area (Å²) in [7, 11) is 0. The van der Waals surface area contributed by atoms with Crippen molar-refractivity contribution < 1.29 is 9.84 Å². The van der Waals surface area contributed by atoms with Gasteiger partial charge in [0.05, 0.1) is 13.2 Å². The Bertz CT molecular complexity index is 371. The molecule has 0 spiro atoms. The molecule has 1 aromatic rings. The van der Waals surface area contributed by atoms with Crippen LogP contribution in [0.3, 0.4) is 0 Å². The Hall–Kier alpha value is -1.28. The van der Waals surface area contributed by atoms with Gasteiger partial charge in [-0.2, -0.15) is 0 Å². The smallest absolute Gasteiger partial charge is 0.119 e. The molecule has 0 saturated heterocycles. The maximum atomic E-state index is 9.04. The van der Waals surface area contributed by atoms with Crippen LogP contribution in [0.15, 0.2) is 36.4 Å². The Morgan fingerprint density at radius 2 is 1.85 bits per heavy atom. The van der Waals surface area contributed by atoms with E-state index >= 15 is 0 Å². The number of allylic oxidation sites excluding steroid dienone is 2. The van der Waals surface area contributed by atoms with E-state index in [9.17, 15) is 0 Å². The van der Waals surface area contributed by atoms with E-state index in [1.807, 2.05) is 24.3 Å². The molecule has 2 heteroatoms. The lowest BCUT2D eigenvalue weighted by Crippen LogP contribution is -1.97. The highest BCUT2D eigenvalue weighted by molar-refractivity contribution is 5.27. The Balaban J connectivity index is 2.02. The first-order valence-electron chi connectivity index (χ1n) is 7.84. The summed E-state index contributed by atoms with van der Waals surface area (Å²) in [6.07, 6.45) is 13.2. The number of unbranched alkanes of at least 4 members (excludes halogenated alkanes) is 5. The van der Waals surface area contributed by atoms with Gasteiger partial charge in [-0.1, -0.05) is 50.5 Å². The third-order valence-electron chi connectivity index (χ3n) is 3.26. The van der Waals surface area contributed by atoms with Crippen molar-refractivity contribution in [1.82, 2.24) is 0 Å². The van der Waals surface area contributed by atoms with Crippen molar-refractivity contribution >= 4 is 0 Å². The Morgan fingerprint density at radius 1 is 1.05 bits per heavy atom. The van der Waals surface area contributed by atoms with Crippen molar-refractivity contribution in [1.29, 1.82) is 0 Å². The monoisotopic (exact) mass is 276 g/mol. The largest absolute Gasteiger partial charge is 0.494 e. The van der Waals surface area contributed by atoms with Gasteiger partial charge in [0, 0.05) is 0 Å². The van der Waals surface area contributed by atoms with E-state index < -0.39 is 0 Å². The maximum absolute atomic E-state index is 9.04. The minimum atomic E-state index is 0.0674. The molecule has 1 rings (SSSR count). The average molecular weight is 276 g/mol. The van der Waals surface area contributed by atoms with Crippen LogP contribution in [0.25, 0.3) is 0 Å². The molecule has 0 aliphatic heterocycles. The molecule has 1 N–H and O–H groups in total. The lowest BCUT2D eigenvalue weighted by Gasteiger charge is -2.06. The van der Waals surface area contributed by atoms with Gasteiger partial charge in [-0.15, -0.1) is 0 Å². The van der Waals surface area contributed by atoms with Crippen molar-refractivity contribution in [3.63, 3.8) is 0 Å². The van der Waals surface area contributed by atoms with Gasteiger partial charge in [0.1, 0.15) is 5.75 Å². The van der Waals surface area contributed by atoms with Gasteiger partial charge in [-0.25, -0.2) is 0 Å². The summed E-state index contributed by atoms with van der Waals surface area (Å²) in [5, 5.41) is 9.04. The van der Waals surface area contributed by atoms with Gasteiger partial charge in [-0.05, 0) is 43.4 Å². The average Bonchev–Trinajstić information content (AvgIpc) is 2.49. The fraction of sp³-hybridized carbons (Fsp3) is 0.556. The van der Waals surface area contributed by atoms with Crippen LogP contribution in [0.1, 0.15) is 57.4 Å². The first kappa shape index (κ1) is 16.8. The van der Waals surface area contributed by atoms with E-state index in [0.29, 0.717) is 0 Å². The fourth-order valence-corrected chi connectivity index (χ4v) is 2.05.